The molecular weight excluding hydrogens is 224 g/mol. The minimum atomic E-state index is -0.412. The van der Waals surface area contributed by atoms with Crippen molar-refractivity contribution in [2.75, 3.05) is 19.0 Å². The van der Waals surface area contributed by atoms with Crippen LogP contribution in [0.2, 0.25) is 0 Å². The molecule has 0 spiro atoms. The van der Waals surface area contributed by atoms with Gasteiger partial charge in [-0.25, -0.2) is 9.98 Å². The fraction of sp³-hybridized carbons (Fsp3) is 0.571. The highest BCUT2D eigenvalue weighted by Gasteiger charge is 2.21. The zero-order valence-corrected chi connectivity index (χ0v) is 12.1. The Morgan fingerprint density at radius 3 is 2.56 bits per heavy atom. The Morgan fingerprint density at radius 1 is 1.33 bits per heavy atom. The lowest BCUT2D eigenvalue weighted by molar-refractivity contribution is 0.541. The average Bonchev–Trinajstić information content (AvgIpc) is 2.28. The Hall–Kier alpha value is -1.67. The fourth-order valence-corrected chi connectivity index (χ4v) is 1.36. The van der Waals surface area contributed by atoms with Crippen LogP contribution in [-0.4, -0.2) is 31.1 Å². The molecule has 0 saturated carbocycles. The Labute approximate surface area is 109 Å². The van der Waals surface area contributed by atoms with Crippen LogP contribution >= 0.6 is 0 Å². The summed E-state index contributed by atoms with van der Waals surface area (Å²) in [6.07, 6.45) is 1.81. The van der Waals surface area contributed by atoms with Crippen molar-refractivity contribution in [3.8, 4) is 0 Å². The average molecular weight is 246 g/mol. The molecule has 0 radical (unpaired) electrons. The summed E-state index contributed by atoms with van der Waals surface area (Å²) in [6.45, 7) is 8.02. The monoisotopic (exact) mass is 246 g/mol. The zero-order valence-electron chi connectivity index (χ0n) is 12.1. The summed E-state index contributed by atoms with van der Waals surface area (Å²) in [5.74, 6) is 0. The van der Waals surface area contributed by atoms with Gasteiger partial charge in [-0.05, 0) is 39.8 Å². The second kappa shape index (κ2) is 5.78. The Morgan fingerprint density at radius 2 is 2.00 bits per heavy atom. The van der Waals surface area contributed by atoms with E-state index in [1.165, 1.54) is 0 Å². The molecule has 0 amide bonds. The van der Waals surface area contributed by atoms with Gasteiger partial charge in [0.1, 0.15) is 5.54 Å². The first-order chi connectivity index (χ1) is 8.33. The normalized spacial score (nSPS) is 11.1. The van der Waals surface area contributed by atoms with Gasteiger partial charge in [-0.1, -0.05) is 0 Å². The molecule has 4 heteroatoms. The van der Waals surface area contributed by atoms with E-state index in [4.69, 9.17) is 0 Å². The third-order valence-electron chi connectivity index (χ3n) is 2.53. The highest BCUT2D eigenvalue weighted by molar-refractivity contribution is 5.48. The molecule has 0 aromatic carbocycles. The molecule has 0 bridgehead atoms. The van der Waals surface area contributed by atoms with E-state index in [2.05, 4.69) is 21.0 Å². The predicted molar refractivity (Wildman–Crippen MR) is 76.6 cm³/mol. The largest absolute Gasteiger partial charge is 0.378 e. The number of anilines is 1. The van der Waals surface area contributed by atoms with E-state index in [0.717, 1.165) is 11.4 Å². The number of aromatic nitrogens is 1. The molecule has 0 N–H and O–H groups in total. The molecule has 18 heavy (non-hydrogen) atoms. The Balaban J connectivity index is 3.04. The minimum Gasteiger partial charge on any atom is -0.378 e. The van der Waals surface area contributed by atoms with Crippen molar-refractivity contribution in [2.45, 2.75) is 39.3 Å². The quantitative estimate of drug-likeness (QED) is 0.766. The van der Waals surface area contributed by atoms with Crippen molar-refractivity contribution < 1.29 is 0 Å². The van der Waals surface area contributed by atoms with Gasteiger partial charge < -0.3 is 4.90 Å². The summed E-state index contributed by atoms with van der Waals surface area (Å²) in [5, 5.41) is 0. The van der Waals surface area contributed by atoms with Gasteiger partial charge in [0.2, 0.25) is 0 Å². The van der Waals surface area contributed by atoms with Crippen molar-refractivity contribution in [3.63, 3.8) is 0 Å². The van der Waals surface area contributed by atoms with Crippen molar-refractivity contribution >= 4 is 11.7 Å². The molecule has 1 rings (SSSR count). The number of hydrogen-bond acceptors (Lipinski definition) is 4. The molecule has 4 nitrogen and oxygen atoms in total. The summed E-state index contributed by atoms with van der Waals surface area (Å²) in [6, 6.07) is 7.00. The number of pyridine rings is 1. The van der Waals surface area contributed by atoms with Gasteiger partial charge in [0.05, 0.1) is 17.7 Å². The van der Waals surface area contributed by atoms with Gasteiger partial charge in [-0.15, -0.1) is 0 Å². The van der Waals surface area contributed by atoms with Crippen LogP contribution in [0, 0.1) is 0 Å². The van der Waals surface area contributed by atoms with E-state index < -0.39 is 5.54 Å². The molecule has 0 fully saturated rings. The van der Waals surface area contributed by atoms with Gasteiger partial charge in [0, 0.05) is 26.0 Å². The van der Waals surface area contributed by atoms with Gasteiger partial charge >= 0.3 is 0 Å². The van der Waals surface area contributed by atoms with Crippen LogP contribution in [0.3, 0.4) is 0 Å². The van der Waals surface area contributed by atoms with Crippen LogP contribution in [0.1, 0.15) is 33.4 Å². The first-order valence-corrected chi connectivity index (χ1v) is 6.13. The second-order valence-electron chi connectivity index (χ2n) is 5.29. The molecule has 1 aromatic heterocycles. The molecule has 1 heterocycles. The molecule has 0 aliphatic carbocycles. The lowest BCUT2D eigenvalue weighted by atomic mass is 10.0. The molecular formula is C14H22N4. The van der Waals surface area contributed by atoms with Crippen molar-refractivity contribution in [1.82, 2.24) is 4.98 Å². The predicted octanol–water partition coefficient (Wildman–Crippen LogP) is 2.97. The van der Waals surface area contributed by atoms with E-state index in [0.29, 0.717) is 0 Å². The van der Waals surface area contributed by atoms with Crippen LogP contribution in [0.4, 0.5) is 5.69 Å². The summed E-state index contributed by atoms with van der Waals surface area (Å²) >= 11 is 0. The van der Waals surface area contributed by atoms with E-state index >= 15 is 0 Å². The third-order valence-corrected chi connectivity index (χ3v) is 2.53. The van der Waals surface area contributed by atoms with Crippen LogP contribution in [-0.2, 0) is 5.54 Å². The van der Waals surface area contributed by atoms with E-state index in [1.54, 1.807) is 0 Å². The number of aliphatic imine (C=N–C) groups is 2. The highest BCUT2D eigenvalue weighted by atomic mass is 15.1. The number of rotatable bonds is 4. The van der Waals surface area contributed by atoms with Gasteiger partial charge in [-0.2, -0.15) is 0 Å². The van der Waals surface area contributed by atoms with Crippen molar-refractivity contribution in [1.29, 1.82) is 0 Å². The summed E-state index contributed by atoms with van der Waals surface area (Å²) < 4.78 is 0. The minimum absolute atomic E-state index is 0.214. The maximum atomic E-state index is 4.39. The van der Waals surface area contributed by atoms with Gasteiger partial charge in [0.15, 0.2) is 0 Å². The number of nitrogens with zero attached hydrogens (tertiary/aromatic N) is 4. The zero-order chi connectivity index (χ0) is 13.8. The SMILES string of the molecule is CC(C)N=C=NC(C)(C)c1cc(N(C)C)ccn1. The van der Waals surface area contributed by atoms with Crippen LogP contribution in [0.25, 0.3) is 0 Å². The third kappa shape index (κ3) is 3.97. The number of hydrogen-bond donors (Lipinski definition) is 0. The smallest absolute Gasteiger partial charge is 0.108 e. The topological polar surface area (TPSA) is 40.9 Å². The van der Waals surface area contributed by atoms with E-state index in [1.807, 2.05) is 65.0 Å². The standard InChI is InChI=1S/C14H22N4/c1-11(2)16-10-17-14(3,4)13-9-12(18(5)6)7-8-15-13/h7-9,11H,1-6H3. The van der Waals surface area contributed by atoms with E-state index in [-0.39, 0.29) is 6.04 Å². The molecule has 0 saturated heterocycles. The van der Waals surface area contributed by atoms with E-state index in [9.17, 15) is 0 Å². The summed E-state index contributed by atoms with van der Waals surface area (Å²) in [4.78, 5) is 14.9. The van der Waals surface area contributed by atoms with Crippen molar-refractivity contribution in [3.05, 3.63) is 24.0 Å². The van der Waals surface area contributed by atoms with Crippen LogP contribution in [0.15, 0.2) is 28.3 Å². The van der Waals surface area contributed by atoms with Crippen molar-refractivity contribution in [2.24, 2.45) is 9.98 Å². The maximum Gasteiger partial charge on any atom is 0.108 e. The first kappa shape index (κ1) is 14.4. The molecule has 98 valence electrons. The van der Waals surface area contributed by atoms with Crippen LogP contribution < -0.4 is 4.90 Å². The Kier molecular flexibility index (Phi) is 4.62. The lowest BCUT2D eigenvalue weighted by Crippen LogP contribution is -2.17. The lowest BCUT2D eigenvalue weighted by Gasteiger charge is -2.20. The summed E-state index contributed by atoms with van der Waals surface area (Å²) in [5.41, 5.74) is 1.62. The molecule has 0 aliphatic rings. The molecule has 0 aliphatic heterocycles. The fourth-order valence-electron chi connectivity index (χ4n) is 1.36. The highest BCUT2D eigenvalue weighted by Crippen LogP contribution is 2.25. The maximum absolute atomic E-state index is 4.39. The first-order valence-electron chi connectivity index (χ1n) is 6.13. The Bertz CT molecular complexity index is 455. The molecule has 0 unspecified atom stereocenters. The van der Waals surface area contributed by atoms with Gasteiger partial charge in [-0.3, -0.25) is 4.98 Å². The summed E-state index contributed by atoms with van der Waals surface area (Å²) in [7, 11) is 4.02. The van der Waals surface area contributed by atoms with Gasteiger partial charge in [0.25, 0.3) is 0 Å². The second-order valence-corrected chi connectivity index (χ2v) is 5.29. The van der Waals surface area contributed by atoms with Crippen LogP contribution in [0.5, 0.6) is 0 Å². The molecule has 0 atom stereocenters. The molecule has 1 aromatic rings.